The summed E-state index contributed by atoms with van der Waals surface area (Å²) in [5.41, 5.74) is 0.0151. The fourth-order valence-corrected chi connectivity index (χ4v) is 0.721. The van der Waals surface area contributed by atoms with E-state index in [4.69, 9.17) is 4.42 Å². The van der Waals surface area contributed by atoms with E-state index in [1.165, 1.54) is 0 Å². The first-order valence-electron chi connectivity index (χ1n) is 3.87. The maximum absolute atomic E-state index is 5.32. The number of hydrogen-bond acceptors (Lipinski definition) is 3. The second-order valence-corrected chi connectivity index (χ2v) is 3.36. The number of aryl methyl sites for hydroxylation is 1. The van der Waals surface area contributed by atoms with E-state index in [9.17, 15) is 0 Å². The van der Waals surface area contributed by atoms with Crippen molar-refractivity contribution in [2.45, 2.75) is 39.5 Å². The van der Waals surface area contributed by atoms with Crippen LogP contribution in [0, 0.1) is 6.92 Å². The number of aromatic nitrogens is 2. The van der Waals surface area contributed by atoms with Gasteiger partial charge in [-0.2, -0.15) is 0 Å². The van der Waals surface area contributed by atoms with E-state index in [1.54, 1.807) is 0 Å². The smallest absolute Gasteiger partial charge is 0.222 e. The summed E-state index contributed by atoms with van der Waals surface area (Å²) in [5, 5.41) is 7.76. The van der Waals surface area contributed by atoms with Gasteiger partial charge in [-0.05, 0) is 6.42 Å². The maximum Gasteiger partial charge on any atom is 0.222 e. The number of nitrogens with zero attached hydrogens (tertiary/aromatic N) is 2. The van der Waals surface area contributed by atoms with E-state index in [0.717, 1.165) is 12.3 Å². The van der Waals surface area contributed by atoms with Crippen molar-refractivity contribution in [1.29, 1.82) is 0 Å². The Labute approximate surface area is 66.8 Å². The van der Waals surface area contributed by atoms with E-state index >= 15 is 0 Å². The zero-order valence-corrected chi connectivity index (χ0v) is 7.51. The van der Waals surface area contributed by atoms with Gasteiger partial charge in [0.05, 0.1) is 0 Å². The van der Waals surface area contributed by atoms with Crippen molar-refractivity contribution in [1.82, 2.24) is 10.2 Å². The van der Waals surface area contributed by atoms with Gasteiger partial charge in [-0.15, -0.1) is 10.2 Å². The van der Waals surface area contributed by atoms with Gasteiger partial charge in [0.25, 0.3) is 0 Å². The lowest BCUT2D eigenvalue weighted by molar-refractivity contribution is 0.350. The highest BCUT2D eigenvalue weighted by Crippen LogP contribution is 2.24. The molecule has 0 unspecified atom stereocenters. The molecule has 0 N–H and O–H groups in total. The van der Waals surface area contributed by atoms with Gasteiger partial charge in [-0.25, -0.2) is 0 Å². The Hall–Kier alpha value is -0.860. The van der Waals surface area contributed by atoms with Crippen molar-refractivity contribution < 1.29 is 4.42 Å². The Morgan fingerprint density at radius 1 is 1.36 bits per heavy atom. The van der Waals surface area contributed by atoms with Crippen LogP contribution in [0.3, 0.4) is 0 Å². The number of hydrogen-bond donors (Lipinski definition) is 0. The molecule has 0 atom stereocenters. The van der Waals surface area contributed by atoms with Crippen molar-refractivity contribution in [3.05, 3.63) is 11.8 Å². The van der Waals surface area contributed by atoms with Crippen LogP contribution < -0.4 is 0 Å². The number of rotatable bonds is 2. The molecule has 0 aliphatic heterocycles. The van der Waals surface area contributed by atoms with Gasteiger partial charge in [-0.1, -0.05) is 20.8 Å². The Kier molecular flexibility index (Phi) is 1.98. The molecule has 0 aliphatic carbocycles. The second-order valence-electron chi connectivity index (χ2n) is 3.36. The molecular weight excluding hydrogens is 140 g/mol. The zero-order valence-electron chi connectivity index (χ0n) is 7.51. The van der Waals surface area contributed by atoms with Crippen molar-refractivity contribution in [2.75, 3.05) is 0 Å². The molecule has 0 saturated heterocycles. The van der Waals surface area contributed by atoms with E-state index in [0.29, 0.717) is 5.89 Å². The lowest BCUT2D eigenvalue weighted by Crippen LogP contribution is -2.15. The third-order valence-corrected chi connectivity index (χ3v) is 1.99. The molecule has 0 spiro atoms. The molecule has 0 amide bonds. The van der Waals surface area contributed by atoms with Crippen molar-refractivity contribution in [3.8, 4) is 0 Å². The van der Waals surface area contributed by atoms with Crippen molar-refractivity contribution >= 4 is 0 Å². The Bertz CT molecular complexity index is 240. The quantitative estimate of drug-likeness (QED) is 0.654. The fourth-order valence-electron chi connectivity index (χ4n) is 0.721. The predicted molar refractivity (Wildman–Crippen MR) is 42.4 cm³/mol. The van der Waals surface area contributed by atoms with Crippen LogP contribution in [0.15, 0.2) is 4.42 Å². The molecule has 0 saturated carbocycles. The lowest BCUT2D eigenvalue weighted by Gasteiger charge is -2.16. The zero-order chi connectivity index (χ0) is 8.48. The maximum atomic E-state index is 5.32. The first-order chi connectivity index (χ1) is 5.06. The molecule has 1 heterocycles. The second kappa shape index (κ2) is 2.64. The summed E-state index contributed by atoms with van der Waals surface area (Å²) in [4.78, 5) is 0. The van der Waals surface area contributed by atoms with Crippen LogP contribution in [-0.4, -0.2) is 10.2 Å². The highest BCUT2D eigenvalue weighted by molar-refractivity contribution is 4.97. The largest absolute Gasteiger partial charge is 0.425 e. The third kappa shape index (κ3) is 1.59. The highest BCUT2D eigenvalue weighted by Gasteiger charge is 2.24. The van der Waals surface area contributed by atoms with E-state index in [-0.39, 0.29) is 5.41 Å². The van der Waals surface area contributed by atoms with Crippen LogP contribution in [0.2, 0.25) is 0 Å². The van der Waals surface area contributed by atoms with Gasteiger partial charge < -0.3 is 4.42 Å². The predicted octanol–water partition coefficient (Wildman–Crippen LogP) is 2.07. The van der Waals surface area contributed by atoms with Crippen LogP contribution in [0.5, 0.6) is 0 Å². The molecule has 0 fully saturated rings. The molecule has 1 rings (SSSR count). The molecule has 3 nitrogen and oxygen atoms in total. The summed E-state index contributed by atoms with van der Waals surface area (Å²) in [5.74, 6) is 1.37. The molecule has 1 aromatic rings. The summed E-state index contributed by atoms with van der Waals surface area (Å²) in [7, 11) is 0. The van der Waals surface area contributed by atoms with Gasteiger partial charge in [0.2, 0.25) is 11.8 Å². The minimum atomic E-state index is 0.0151. The average molecular weight is 154 g/mol. The monoisotopic (exact) mass is 154 g/mol. The SMILES string of the molecule is CCC(C)(C)c1nnc(C)o1. The van der Waals surface area contributed by atoms with Crippen molar-refractivity contribution in [3.63, 3.8) is 0 Å². The highest BCUT2D eigenvalue weighted by atomic mass is 16.4. The third-order valence-electron chi connectivity index (χ3n) is 1.99. The van der Waals surface area contributed by atoms with Gasteiger partial charge in [0.15, 0.2) is 0 Å². The van der Waals surface area contributed by atoms with Crippen LogP contribution in [0.1, 0.15) is 39.0 Å². The molecule has 62 valence electrons. The Morgan fingerprint density at radius 3 is 2.36 bits per heavy atom. The van der Waals surface area contributed by atoms with E-state index < -0.39 is 0 Å². The molecule has 0 aromatic carbocycles. The molecule has 1 aromatic heterocycles. The van der Waals surface area contributed by atoms with E-state index in [1.807, 2.05) is 6.92 Å². The van der Waals surface area contributed by atoms with Gasteiger partial charge in [0, 0.05) is 12.3 Å². The summed E-state index contributed by atoms with van der Waals surface area (Å²) in [6.45, 7) is 8.11. The first kappa shape index (κ1) is 8.24. The van der Waals surface area contributed by atoms with Gasteiger partial charge in [-0.3, -0.25) is 0 Å². The minimum absolute atomic E-state index is 0.0151. The Balaban J connectivity index is 2.92. The van der Waals surface area contributed by atoms with Crippen LogP contribution in [0.25, 0.3) is 0 Å². The molecule has 0 bridgehead atoms. The molecular formula is C8H14N2O. The van der Waals surface area contributed by atoms with Crippen LogP contribution in [0.4, 0.5) is 0 Å². The van der Waals surface area contributed by atoms with Crippen LogP contribution >= 0.6 is 0 Å². The van der Waals surface area contributed by atoms with Crippen molar-refractivity contribution in [2.24, 2.45) is 0 Å². The van der Waals surface area contributed by atoms with Crippen LogP contribution in [-0.2, 0) is 5.41 Å². The summed E-state index contributed by atoms with van der Waals surface area (Å²) in [6.07, 6.45) is 1.01. The lowest BCUT2D eigenvalue weighted by atomic mass is 9.90. The molecule has 11 heavy (non-hydrogen) atoms. The molecule has 0 aliphatic rings. The van der Waals surface area contributed by atoms with Gasteiger partial charge in [0.1, 0.15) is 0 Å². The van der Waals surface area contributed by atoms with E-state index in [2.05, 4.69) is 31.0 Å². The minimum Gasteiger partial charge on any atom is -0.425 e. The van der Waals surface area contributed by atoms with Gasteiger partial charge >= 0.3 is 0 Å². The average Bonchev–Trinajstić information content (AvgIpc) is 2.36. The standard InChI is InChI=1S/C8H14N2O/c1-5-8(3,4)7-10-9-6(2)11-7/h5H2,1-4H3. The summed E-state index contributed by atoms with van der Waals surface area (Å²) < 4.78 is 5.32. The summed E-state index contributed by atoms with van der Waals surface area (Å²) in [6, 6.07) is 0. The Morgan fingerprint density at radius 2 is 2.00 bits per heavy atom. The fraction of sp³-hybridized carbons (Fsp3) is 0.750. The normalized spacial score (nSPS) is 12.0. The summed E-state index contributed by atoms with van der Waals surface area (Å²) >= 11 is 0. The molecule has 0 radical (unpaired) electrons. The topological polar surface area (TPSA) is 38.9 Å². The first-order valence-corrected chi connectivity index (χ1v) is 3.87. The molecule has 3 heteroatoms.